The van der Waals surface area contributed by atoms with Crippen molar-refractivity contribution >= 4 is 0 Å². The van der Waals surface area contributed by atoms with E-state index in [1.807, 2.05) is 32.0 Å². The van der Waals surface area contributed by atoms with Gasteiger partial charge < -0.3 is 10.2 Å². The highest BCUT2D eigenvalue weighted by Crippen LogP contribution is 2.57. The summed E-state index contributed by atoms with van der Waals surface area (Å²) in [5.41, 5.74) is 4.81. The molecule has 4 rings (SSSR count). The number of hydrogen-bond acceptors (Lipinski definition) is 2. The smallest absolute Gasteiger partial charge is 0.202 e. The standard InChI is InChI=1S/C17H17NO2/c1-9-4-3-5-10(2)15(9)18-16(19)13-11-6-7-12(8-11)14(13)17(18)20/h3-7,11-12,19-20H,8H2,1-2H3. The first kappa shape index (κ1) is 11.6. The fraction of sp³-hybridized carbons (Fsp3) is 0.294. The Balaban J connectivity index is 2.03. The zero-order valence-electron chi connectivity index (χ0n) is 11.6. The summed E-state index contributed by atoms with van der Waals surface area (Å²) >= 11 is 0. The number of aryl methyl sites for hydroxylation is 2. The molecule has 102 valence electrons. The molecule has 0 amide bonds. The number of rotatable bonds is 1. The molecule has 2 unspecified atom stereocenters. The number of para-hydroxylation sites is 1. The van der Waals surface area contributed by atoms with Crippen molar-refractivity contribution in [1.82, 2.24) is 4.57 Å². The lowest BCUT2D eigenvalue weighted by Crippen LogP contribution is -2.00. The maximum absolute atomic E-state index is 10.6. The topological polar surface area (TPSA) is 45.4 Å². The third-order valence-electron chi connectivity index (χ3n) is 4.68. The van der Waals surface area contributed by atoms with Crippen LogP contribution >= 0.6 is 0 Å². The van der Waals surface area contributed by atoms with Crippen LogP contribution in [0.25, 0.3) is 5.69 Å². The Kier molecular flexibility index (Phi) is 2.15. The van der Waals surface area contributed by atoms with Gasteiger partial charge in [-0.1, -0.05) is 30.4 Å². The van der Waals surface area contributed by atoms with Gasteiger partial charge in [0.25, 0.3) is 0 Å². The lowest BCUT2D eigenvalue weighted by atomic mass is 10.0. The average Bonchev–Trinajstić information content (AvgIpc) is 3.07. The number of allylic oxidation sites excluding steroid dienone is 2. The van der Waals surface area contributed by atoms with E-state index in [4.69, 9.17) is 0 Å². The predicted molar refractivity (Wildman–Crippen MR) is 77.8 cm³/mol. The quantitative estimate of drug-likeness (QED) is 0.775. The van der Waals surface area contributed by atoms with E-state index in [9.17, 15) is 10.2 Å². The normalized spacial score (nSPS) is 22.5. The molecule has 0 saturated carbocycles. The van der Waals surface area contributed by atoms with Gasteiger partial charge in [-0.05, 0) is 31.4 Å². The minimum Gasteiger partial charge on any atom is -0.494 e. The van der Waals surface area contributed by atoms with Crippen molar-refractivity contribution in [2.24, 2.45) is 0 Å². The van der Waals surface area contributed by atoms with E-state index >= 15 is 0 Å². The third-order valence-corrected chi connectivity index (χ3v) is 4.68. The Bertz CT molecular complexity index is 699. The van der Waals surface area contributed by atoms with Gasteiger partial charge in [0.05, 0.1) is 5.69 Å². The predicted octanol–water partition coefficient (Wildman–Crippen LogP) is 3.65. The molecule has 0 saturated heterocycles. The molecule has 2 bridgehead atoms. The molecule has 0 fully saturated rings. The maximum atomic E-state index is 10.6. The highest BCUT2D eigenvalue weighted by Gasteiger charge is 2.41. The van der Waals surface area contributed by atoms with Gasteiger partial charge in [-0.15, -0.1) is 0 Å². The molecular formula is C17H17NO2. The van der Waals surface area contributed by atoms with Crippen LogP contribution in [0.3, 0.4) is 0 Å². The monoisotopic (exact) mass is 267 g/mol. The van der Waals surface area contributed by atoms with E-state index < -0.39 is 0 Å². The molecular weight excluding hydrogens is 250 g/mol. The Morgan fingerprint density at radius 3 is 1.95 bits per heavy atom. The minimum absolute atomic E-state index is 0.201. The second kappa shape index (κ2) is 3.69. The van der Waals surface area contributed by atoms with Crippen molar-refractivity contribution in [2.75, 3.05) is 0 Å². The molecule has 0 radical (unpaired) electrons. The van der Waals surface area contributed by atoms with Crippen molar-refractivity contribution in [3.63, 3.8) is 0 Å². The maximum Gasteiger partial charge on any atom is 0.202 e. The third kappa shape index (κ3) is 1.25. The number of fused-ring (bicyclic) bond motifs is 5. The summed E-state index contributed by atoms with van der Waals surface area (Å²) in [6, 6.07) is 5.99. The molecule has 1 aromatic heterocycles. The van der Waals surface area contributed by atoms with Gasteiger partial charge in [-0.2, -0.15) is 0 Å². The van der Waals surface area contributed by atoms with Gasteiger partial charge in [0.15, 0.2) is 0 Å². The fourth-order valence-corrected chi connectivity index (χ4v) is 3.81. The second-order valence-corrected chi connectivity index (χ2v) is 5.88. The molecule has 1 aromatic carbocycles. The Labute approximate surface area is 117 Å². The average molecular weight is 267 g/mol. The highest BCUT2D eigenvalue weighted by molar-refractivity contribution is 5.64. The molecule has 0 aliphatic heterocycles. The molecule has 1 heterocycles. The summed E-state index contributed by atoms with van der Waals surface area (Å²) in [5, 5.41) is 21.2. The molecule has 2 N–H and O–H groups in total. The van der Waals surface area contributed by atoms with Gasteiger partial charge in [0.1, 0.15) is 0 Å². The summed E-state index contributed by atoms with van der Waals surface area (Å²) in [6.45, 7) is 4.00. The van der Waals surface area contributed by atoms with E-state index in [1.54, 1.807) is 4.57 Å². The van der Waals surface area contributed by atoms with Crippen LogP contribution in [0.2, 0.25) is 0 Å². The van der Waals surface area contributed by atoms with Crippen molar-refractivity contribution in [1.29, 1.82) is 0 Å². The molecule has 3 nitrogen and oxygen atoms in total. The van der Waals surface area contributed by atoms with Crippen LogP contribution in [-0.2, 0) is 0 Å². The van der Waals surface area contributed by atoms with Gasteiger partial charge >= 0.3 is 0 Å². The molecule has 3 heteroatoms. The fourth-order valence-electron chi connectivity index (χ4n) is 3.81. The van der Waals surface area contributed by atoms with E-state index in [-0.39, 0.29) is 23.6 Å². The Hall–Kier alpha value is -2.16. The lowest BCUT2D eigenvalue weighted by Gasteiger charge is -2.14. The SMILES string of the molecule is Cc1cccc(C)c1-n1c(O)c2c(c1O)C1C=CC2C1. The molecule has 2 aliphatic rings. The number of nitrogens with zero attached hydrogens (tertiary/aromatic N) is 1. The Morgan fingerprint density at radius 1 is 0.950 bits per heavy atom. The summed E-state index contributed by atoms with van der Waals surface area (Å²) < 4.78 is 1.61. The van der Waals surface area contributed by atoms with E-state index in [0.29, 0.717) is 0 Å². The summed E-state index contributed by atoms with van der Waals surface area (Å²) in [5.74, 6) is 0.913. The van der Waals surface area contributed by atoms with Crippen LogP contribution in [0.5, 0.6) is 11.8 Å². The minimum atomic E-state index is 0.201. The number of benzene rings is 1. The molecule has 2 aromatic rings. The molecule has 2 aliphatic carbocycles. The van der Waals surface area contributed by atoms with Crippen molar-refractivity contribution in [3.8, 4) is 17.4 Å². The summed E-state index contributed by atoms with van der Waals surface area (Å²) in [6.07, 6.45) is 5.27. The first-order valence-corrected chi connectivity index (χ1v) is 7.01. The van der Waals surface area contributed by atoms with Gasteiger partial charge in [-0.3, -0.25) is 4.57 Å². The number of aromatic nitrogens is 1. The molecule has 2 atom stereocenters. The van der Waals surface area contributed by atoms with Crippen LogP contribution in [0, 0.1) is 13.8 Å². The van der Waals surface area contributed by atoms with Crippen LogP contribution < -0.4 is 0 Å². The van der Waals surface area contributed by atoms with Crippen LogP contribution in [0.15, 0.2) is 30.4 Å². The summed E-state index contributed by atoms with van der Waals surface area (Å²) in [7, 11) is 0. The van der Waals surface area contributed by atoms with Crippen LogP contribution in [0.1, 0.15) is 40.5 Å². The van der Waals surface area contributed by atoms with Gasteiger partial charge in [0.2, 0.25) is 11.8 Å². The van der Waals surface area contributed by atoms with E-state index in [0.717, 1.165) is 34.4 Å². The number of aromatic hydroxyl groups is 2. The van der Waals surface area contributed by atoms with E-state index in [1.165, 1.54) is 0 Å². The zero-order chi connectivity index (χ0) is 14.0. The van der Waals surface area contributed by atoms with Crippen LogP contribution in [0.4, 0.5) is 0 Å². The van der Waals surface area contributed by atoms with E-state index in [2.05, 4.69) is 12.2 Å². The zero-order valence-corrected chi connectivity index (χ0v) is 11.6. The first-order valence-electron chi connectivity index (χ1n) is 7.01. The highest BCUT2D eigenvalue weighted by atomic mass is 16.3. The summed E-state index contributed by atoms with van der Waals surface area (Å²) in [4.78, 5) is 0. The van der Waals surface area contributed by atoms with Crippen LogP contribution in [-0.4, -0.2) is 14.8 Å². The van der Waals surface area contributed by atoms with Gasteiger partial charge in [-0.25, -0.2) is 0 Å². The Morgan fingerprint density at radius 2 is 1.45 bits per heavy atom. The molecule has 0 spiro atoms. The number of hydrogen-bond donors (Lipinski definition) is 2. The molecule has 20 heavy (non-hydrogen) atoms. The second-order valence-electron chi connectivity index (χ2n) is 5.88. The largest absolute Gasteiger partial charge is 0.494 e. The first-order chi connectivity index (χ1) is 9.59. The van der Waals surface area contributed by atoms with Crippen molar-refractivity contribution < 1.29 is 10.2 Å². The van der Waals surface area contributed by atoms with Crippen molar-refractivity contribution in [3.05, 3.63) is 52.6 Å². The van der Waals surface area contributed by atoms with Crippen molar-refractivity contribution in [2.45, 2.75) is 32.1 Å². The van der Waals surface area contributed by atoms with Gasteiger partial charge in [0, 0.05) is 23.0 Å². The lowest BCUT2D eigenvalue weighted by molar-refractivity contribution is 0.395.